The lowest BCUT2D eigenvalue weighted by Crippen LogP contribution is -2.48. The van der Waals surface area contributed by atoms with Gasteiger partial charge in [-0.15, -0.1) is 0 Å². The molecule has 0 N–H and O–H groups in total. The zero-order valence-electron chi connectivity index (χ0n) is 21.4. The van der Waals surface area contributed by atoms with Crippen LogP contribution in [0.3, 0.4) is 0 Å². The maximum absolute atomic E-state index is 13.5. The molecule has 1 aromatic heterocycles. The highest BCUT2D eigenvalue weighted by atomic mass is 16.5. The number of carbonyl (C=O) groups is 2. The maximum atomic E-state index is 13.5. The molecule has 0 radical (unpaired) electrons. The van der Waals surface area contributed by atoms with Gasteiger partial charge in [0.05, 0.1) is 24.0 Å². The Hall–Kier alpha value is -3.87. The lowest BCUT2D eigenvalue weighted by atomic mass is 10.0. The van der Waals surface area contributed by atoms with E-state index in [0.717, 1.165) is 42.2 Å². The molecule has 2 aliphatic heterocycles. The van der Waals surface area contributed by atoms with Gasteiger partial charge < -0.3 is 19.4 Å². The topological polar surface area (TPSA) is 66.0 Å². The molecule has 0 aliphatic carbocycles. The number of amides is 2. The van der Waals surface area contributed by atoms with E-state index in [2.05, 4.69) is 36.4 Å². The summed E-state index contributed by atoms with van der Waals surface area (Å²) in [5.74, 6) is 1.43. The summed E-state index contributed by atoms with van der Waals surface area (Å²) in [5, 5.41) is 0. The van der Waals surface area contributed by atoms with Crippen molar-refractivity contribution < 1.29 is 14.3 Å². The number of carbonyl (C=O) groups excluding carboxylic acids is 2. The first-order valence-corrected chi connectivity index (χ1v) is 12.5. The van der Waals surface area contributed by atoms with Crippen molar-refractivity contribution in [2.24, 2.45) is 0 Å². The number of benzene rings is 1. The van der Waals surface area contributed by atoms with Crippen molar-refractivity contribution in [1.29, 1.82) is 0 Å². The molecule has 3 heterocycles. The molecule has 2 amide bonds. The average Bonchev–Trinajstić information content (AvgIpc) is 3.07. The van der Waals surface area contributed by atoms with Crippen molar-refractivity contribution >= 4 is 28.9 Å². The maximum Gasteiger partial charge on any atom is 0.262 e. The molecule has 7 heteroatoms. The van der Waals surface area contributed by atoms with Crippen LogP contribution in [-0.2, 0) is 4.79 Å². The standard InChI is InChI=1S/C29H34N4O3/c1-5-21(3)7-8-23(6-2)24-9-11-26-27(19-24)36-18-17-33(29(26)35)25-10-12-28(30-20-25)32-15-13-31(14-16-32)22(4)34/h6-12,19-20H,2,5,13-18H2,1,3-4H3/b21-7-,23-8+. The molecule has 0 bridgehead atoms. The van der Waals surface area contributed by atoms with Crippen LogP contribution in [0.25, 0.3) is 5.57 Å². The summed E-state index contributed by atoms with van der Waals surface area (Å²) >= 11 is 0. The van der Waals surface area contributed by atoms with Gasteiger partial charge >= 0.3 is 0 Å². The van der Waals surface area contributed by atoms with Crippen molar-refractivity contribution in [3.8, 4) is 5.75 Å². The first-order chi connectivity index (χ1) is 17.4. The molecule has 2 aromatic rings. The van der Waals surface area contributed by atoms with Gasteiger partial charge in [0.2, 0.25) is 5.91 Å². The highest BCUT2D eigenvalue weighted by Gasteiger charge is 2.26. The van der Waals surface area contributed by atoms with Crippen LogP contribution in [0, 0.1) is 0 Å². The summed E-state index contributed by atoms with van der Waals surface area (Å²) < 4.78 is 6.00. The Kier molecular flexibility index (Phi) is 7.88. The zero-order chi connectivity index (χ0) is 25.7. The van der Waals surface area contributed by atoms with E-state index in [4.69, 9.17) is 4.74 Å². The second-order valence-electron chi connectivity index (χ2n) is 9.08. The van der Waals surface area contributed by atoms with Crippen molar-refractivity contribution in [2.45, 2.75) is 27.2 Å². The van der Waals surface area contributed by atoms with Crippen LogP contribution in [-0.4, -0.2) is 61.0 Å². The Balaban J connectivity index is 1.51. The molecular weight excluding hydrogens is 452 g/mol. The molecule has 0 spiro atoms. The van der Waals surface area contributed by atoms with Gasteiger partial charge in [-0.1, -0.05) is 43.4 Å². The quantitative estimate of drug-likeness (QED) is 0.553. The van der Waals surface area contributed by atoms with Gasteiger partial charge in [-0.2, -0.15) is 0 Å². The Morgan fingerprint density at radius 3 is 2.50 bits per heavy atom. The SMILES string of the molecule is C=C/C(=C\C=C(\C)CC)c1ccc2c(c1)OCCN(c1ccc(N3CCN(C(C)=O)CC3)nc1)C2=O. The predicted octanol–water partition coefficient (Wildman–Crippen LogP) is 4.72. The number of rotatable bonds is 6. The molecule has 188 valence electrons. The van der Waals surface area contributed by atoms with E-state index in [1.54, 1.807) is 18.0 Å². The van der Waals surface area contributed by atoms with Gasteiger partial charge in [0.15, 0.2) is 0 Å². The van der Waals surface area contributed by atoms with Crippen LogP contribution in [0.1, 0.15) is 43.1 Å². The number of hydrogen-bond acceptors (Lipinski definition) is 5. The average molecular weight is 487 g/mol. The molecule has 1 aromatic carbocycles. The van der Waals surface area contributed by atoms with Crippen LogP contribution in [0.5, 0.6) is 5.75 Å². The fourth-order valence-electron chi connectivity index (χ4n) is 4.35. The van der Waals surface area contributed by atoms with E-state index in [0.29, 0.717) is 37.6 Å². The molecule has 2 aliphatic rings. The highest BCUT2D eigenvalue weighted by molar-refractivity contribution is 6.08. The molecule has 36 heavy (non-hydrogen) atoms. The lowest BCUT2D eigenvalue weighted by molar-refractivity contribution is -0.129. The molecule has 0 saturated carbocycles. The molecule has 0 unspecified atom stereocenters. The third-order valence-corrected chi connectivity index (χ3v) is 6.78. The van der Waals surface area contributed by atoms with Crippen molar-refractivity contribution in [3.63, 3.8) is 0 Å². The van der Waals surface area contributed by atoms with Gasteiger partial charge in [0, 0.05) is 33.1 Å². The minimum atomic E-state index is -0.107. The monoisotopic (exact) mass is 486 g/mol. The minimum Gasteiger partial charge on any atom is -0.491 e. The van der Waals surface area contributed by atoms with E-state index < -0.39 is 0 Å². The van der Waals surface area contributed by atoms with Crippen molar-refractivity contribution in [2.75, 3.05) is 49.1 Å². The largest absolute Gasteiger partial charge is 0.491 e. The summed E-state index contributed by atoms with van der Waals surface area (Å²) in [4.78, 5) is 35.4. The van der Waals surface area contributed by atoms with Gasteiger partial charge in [0.1, 0.15) is 18.2 Å². The van der Waals surface area contributed by atoms with Crippen LogP contribution in [0.4, 0.5) is 11.5 Å². The van der Waals surface area contributed by atoms with Crippen LogP contribution >= 0.6 is 0 Å². The number of ether oxygens (including phenoxy) is 1. The number of fused-ring (bicyclic) bond motifs is 1. The third kappa shape index (κ3) is 5.51. The van der Waals surface area contributed by atoms with Gasteiger partial charge in [-0.3, -0.25) is 9.59 Å². The van der Waals surface area contributed by atoms with E-state index in [9.17, 15) is 9.59 Å². The third-order valence-electron chi connectivity index (χ3n) is 6.78. The van der Waals surface area contributed by atoms with E-state index >= 15 is 0 Å². The van der Waals surface area contributed by atoms with Crippen LogP contribution in [0.15, 0.2) is 66.9 Å². The normalized spacial score (nSPS) is 16.9. The Morgan fingerprint density at radius 2 is 1.86 bits per heavy atom. The summed E-state index contributed by atoms with van der Waals surface area (Å²) in [5.41, 5.74) is 4.49. The van der Waals surface area contributed by atoms with Gasteiger partial charge in [0.25, 0.3) is 5.91 Å². The first kappa shape index (κ1) is 25.2. The second kappa shape index (κ2) is 11.2. The van der Waals surface area contributed by atoms with Crippen molar-refractivity contribution in [3.05, 3.63) is 78.0 Å². The Bertz CT molecular complexity index is 1190. The highest BCUT2D eigenvalue weighted by Crippen LogP contribution is 2.30. The predicted molar refractivity (Wildman–Crippen MR) is 145 cm³/mol. The minimum absolute atomic E-state index is 0.104. The first-order valence-electron chi connectivity index (χ1n) is 12.5. The summed E-state index contributed by atoms with van der Waals surface area (Å²) in [6.07, 6.45) is 8.69. The van der Waals surface area contributed by atoms with E-state index in [-0.39, 0.29) is 11.8 Å². The number of aromatic nitrogens is 1. The Labute approximate surface area is 213 Å². The molecule has 7 nitrogen and oxygen atoms in total. The number of piperazine rings is 1. The van der Waals surface area contributed by atoms with Gasteiger partial charge in [-0.05, 0) is 48.7 Å². The molecule has 1 fully saturated rings. The van der Waals surface area contributed by atoms with E-state index in [1.165, 1.54) is 5.57 Å². The molecule has 0 atom stereocenters. The number of nitrogens with zero attached hydrogens (tertiary/aromatic N) is 4. The van der Waals surface area contributed by atoms with Crippen molar-refractivity contribution in [1.82, 2.24) is 9.88 Å². The van der Waals surface area contributed by atoms with Gasteiger partial charge in [-0.25, -0.2) is 4.98 Å². The van der Waals surface area contributed by atoms with E-state index in [1.807, 2.05) is 47.4 Å². The zero-order valence-corrected chi connectivity index (χ0v) is 21.4. The number of allylic oxidation sites excluding steroid dienone is 5. The summed E-state index contributed by atoms with van der Waals surface area (Å²) in [6.45, 7) is 13.5. The number of anilines is 2. The lowest BCUT2D eigenvalue weighted by Gasteiger charge is -2.35. The molecule has 1 saturated heterocycles. The van der Waals surface area contributed by atoms with Crippen LogP contribution < -0.4 is 14.5 Å². The molecular formula is C29H34N4O3. The fourth-order valence-corrected chi connectivity index (χ4v) is 4.35. The fraction of sp³-hybridized carbons (Fsp3) is 0.345. The number of pyridine rings is 1. The smallest absolute Gasteiger partial charge is 0.262 e. The summed E-state index contributed by atoms with van der Waals surface area (Å²) in [6, 6.07) is 9.55. The Morgan fingerprint density at radius 1 is 1.08 bits per heavy atom. The second-order valence-corrected chi connectivity index (χ2v) is 9.08. The summed E-state index contributed by atoms with van der Waals surface area (Å²) in [7, 11) is 0. The van der Waals surface area contributed by atoms with Crippen LogP contribution in [0.2, 0.25) is 0 Å². The molecule has 4 rings (SSSR count). The number of hydrogen-bond donors (Lipinski definition) is 0.